The summed E-state index contributed by atoms with van der Waals surface area (Å²) in [5.41, 5.74) is 0. The Balaban J connectivity index is 5.24. The molecule has 3 N–H and O–H groups in total. The quantitative estimate of drug-likeness (QED) is 0.0169. The Kier molecular flexibility index (Phi) is 60.3. The number of esters is 4. The van der Waals surface area contributed by atoms with Crippen molar-refractivity contribution in [3.8, 4) is 0 Å². The van der Waals surface area contributed by atoms with Gasteiger partial charge in [0, 0.05) is 25.7 Å². The van der Waals surface area contributed by atoms with Crippen LogP contribution in [0.15, 0.2) is 24.3 Å². The van der Waals surface area contributed by atoms with Crippen LogP contribution in [0.5, 0.6) is 0 Å². The minimum atomic E-state index is -4.96. The first kappa shape index (κ1) is 85.5. The van der Waals surface area contributed by atoms with Crippen molar-refractivity contribution in [2.24, 2.45) is 5.92 Å². The zero-order valence-corrected chi connectivity index (χ0v) is 58.1. The fraction of sp³-hybridized carbons (Fsp3) is 0.884. The Labute approximate surface area is 535 Å². The van der Waals surface area contributed by atoms with E-state index in [0.29, 0.717) is 25.7 Å². The Morgan fingerprint density at radius 2 is 0.614 bits per heavy atom. The van der Waals surface area contributed by atoms with Gasteiger partial charge in [0.2, 0.25) is 0 Å². The van der Waals surface area contributed by atoms with Crippen LogP contribution < -0.4 is 0 Å². The summed E-state index contributed by atoms with van der Waals surface area (Å²) < 4.78 is 68.1. The zero-order chi connectivity index (χ0) is 64.9. The number of aliphatic hydroxyl groups excluding tert-OH is 1. The molecule has 0 aliphatic heterocycles. The van der Waals surface area contributed by atoms with Gasteiger partial charge in [-0.05, 0) is 57.3 Å². The van der Waals surface area contributed by atoms with E-state index in [9.17, 15) is 43.2 Å². The first-order chi connectivity index (χ1) is 42.5. The van der Waals surface area contributed by atoms with Gasteiger partial charge in [0.25, 0.3) is 0 Å². The summed E-state index contributed by atoms with van der Waals surface area (Å²) in [7, 11) is -9.90. The van der Waals surface area contributed by atoms with Crippen molar-refractivity contribution in [3.63, 3.8) is 0 Å². The molecule has 0 saturated carbocycles. The molecule has 0 aromatic rings. The van der Waals surface area contributed by atoms with Crippen LogP contribution in [0.1, 0.15) is 330 Å². The molecule has 0 amide bonds. The maximum atomic E-state index is 13.0. The number of hydrogen-bond donors (Lipinski definition) is 3. The Morgan fingerprint density at radius 1 is 0.352 bits per heavy atom. The maximum absolute atomic E-state index is 13.0. The molecule has 5 atom stereocenters. The predicted octanol–water partition coefficient (Wildman–Crippen LogP) is 19.3. The molecular formula is C69H130O17P2. The number of ether oxygens (including phenoxy) is 4. The van der Waals surface area contributed by atoms with E-state index in [0.717, 1.165) is 128 Å². The van der Waals surface area contributed by atoms with Gasteiger partial charge >= 0.3 is 39.5 Å². The Bertz CT molecular complexity index is 1800. The van der Waals surface area contributed by atoms with Gasteiger partial charge in [-0.3, -0.25) is 37.3 Å². The molecule has 0 aliphatic carbocycles. The van der Waals surface area contributed by atoms with Gasteiger partial charge in [-0.1, -0.05) is 277 Å². The molecule has 0 spiro atoms. The third-order valence-electron chi connectivity index (χ3n) is 15.4. The van der Waals surface area contributed by atoms with E-state index in [-0.39, 0.29) is 25.7 Å². The van der Waals surface area contributed by atoms with Crippen molar-refractivity contribution in [1.82, 2.24) is 0 Å². The second-order valence-electron chi connectivity index (χ2n) is 24.7. The standard InChI is InChI=1S/C69H130O17P2/c1-6-9-12-15-18-20-22-23-24-27-30-34-38-43-48-53-67(72)80-59-65(86-69(74)55-50-45-40-35-31-28-25-26-29-32-37-41-46-51-62(4)5)61-84-88(77,78)82-57-63(70)56-81-87(75,76)83-60-64(58-79-66(71)52-47-42-36-17-14-11-8-3)85-68(73)54-49-44-39-33-21-19-16-13-10-7-2/h20,22-24,62-65,70H,6-19,21,25-61H2,1-5H3,(H,75,76)(H,77,78)/b22-20-,24-23-/t63-,64+,65+/m0/s1. The Morgan fingerprint density at radius 3 is 0.932 bits per heavy atom. The first-order valence-electron chi connectivity index (χ1n) is 35.5. The van der Waals surface area contributed by atoms with Crippen LogP contribution in [0.4, 0.5) is 0 Å². The second-order valence-corrected chi connectivity index (χ2v) is 27.6. The van der Waals surface area contributed by atoms with Crippen LogP contribution in [0.2, 0.25) is 0 Å². The highest BCUT2D eigenvalue weighted by Crippen LogP contribution is 2.45. The van der Waals surface area contributed by atoms with Crippen LogP contribution in [-0.2, 0) is 65.4 Å². The largest absolute Gasteiger partial charge is 0.472 e. The smallest absolute Gasteiger partial charge is 0.462 e. The highest BCUT2D eigenvalue weighted by molar-refractivity contribution is 7.47. The molecule has 88 heavy (non-hydrogen) atoms. The van der Waals surface area contributed by atoms with Gasteiger partial charge in [0.15, 0.2) is 12.2 Å². The third kappa shape index (κ3) is 62.4. The molecule has 0 aliphatic rings. The molecule has 0 radical (unpaired) electrons. The lowest BCUT2D eigenvalue weighted by atomic mass is 10.0. The molecule has 0 bridgehead atoms. The lowest BCUT2D eigenvalue weighted by Gasteiger charge is -2.21. The molecule has 19 heteroatoms. The van der Waals surface area contributed by atoms with Gasteiger partial charge in [-0.25, -0.2) is 9.13 Å². The van der Waals surface area contributed by atoms with Gasteiger partial charge in [0.1, 0.15) is 19.3 Å². The van der Waals surface area contributed by atoms with E-state index >= 15 is 0 Å². The molecule has 0 aromatic carbocycles. The summed E-state index contributed by atoms with van der Waals surface area (Å²) >= 11 is 0. The fourth-order valence-corrected chi connectivity index (χ4v) is 11.5. The number of carbonyl (C=O) groups is 4. The van der Waals surface area contributed by atoms with Crippen LogP contribution in [-0.4, -0.2) is 96.7 Å². The minimum Gasteiger partial charge on any atom is -0.462 e. The summed E-state index contributed by atoms with van der Waals surface area (Å²) in [6, 6.07) is 0. The molecule has 17 nitrogen and oxygen atoms in total. The second kappa shape index (κ2) is 62.0. The van der Waals surface area contributed by atoms with E-state index in [1.165, 1.54) is 122 Å². The number of unbranched alkanes of at least 4 members (excludes halogenated alkanes) is 36. The van der Waals surface area contributed by atoms with Crippen molar-refractivity contribution in [2.45, 2.75) is 348 Å². The number of phosphoric acid groups is 2. The highest BCUT2D eigenvalue weighted by Gasteiger charge is 2.30. The zero-order valence-electron chi connectivity index (χ0n) is 56.3. The molecule has 0 fully saturated rings. The molecule has 0 aromatic heterocycles. The Hall–Kier alpha value is -2.46. The molecule has 0 rings (SSSR count). The van der Waals surface area contributed by atoms with Crippen LogP contribution in [0, 0.1) is 5.92 Å². The minimum absolute atomic E-state index is 0.100. The maximum Gasteiger partial charge on any atom is 0.472 e. The molecule has 0 saturated heterocycles. The normalized spacial score (nSPS) is 14.3. The van der Waals surface area contributed by atoms with Gasteiger partial charge < -0.3 is 33.8 Å². The number of aliphatic hydroxyl groups is 1. The fourth-order valence-electron chi connectivity index (χ4n) is 9.93. The van der Waals surface area contributed by atoms with Crippen molar-refractivity contribution in [3.05, 3.63) is 24.3 Å². The molecule has 2 unspecified atom stereocenters. The van der Waals surface area contributed by atoms with Crippen LogP contribution in [0.25, 0.3) is 0 Å². The highest BCUT2D eigenvalue weighted by atomic mass is 31.2. The monoisotopic (exact) mass is 1290 g/mol. The van der Waals surface area contributed by atoms with Gasteiger partial charge in [0.05, 0.1) is 26.4 Å². The number of carbonyl (C=O) groups excluding carboxylic acids is 4. The van der Waals surface area contributed by atoms with Gasteiger partial charge in [-0.2, -0.15) is 0 Å². The first-order valence-corrected chi connectivity index (χ1v) is 38.4. The van der Waals surface area contributed by atoms with E-state index in [1.807, 2.05) is 0 Å². The van der Waals surface area contributed by atoms with Crippen molar-refractivity contribution in [2.75, 3.05) is 39.6 Å². The lowest BCUT2D eigenvalue weighted by molar-refractivity contribution is -0.161. The van der Waals surface area contributed by atoms with E-state index in [4.69, 9.17) is 37.0 Å². The third-order valence-corrected chi connectivity index (χ3v) is 17.3. The number of phosphoric ester groups is 2. The average Bonchev–Trinajstić information content (AvgIpc) is 3.62. The van der Waals surface area contributed by atoms with Gasteiger partial charge in [-0.15, -0.1) is 0 Å². The van der Waals surface area contributed by atoms with Crippen LogP contribution in [0.3, 0.4) is 0 Å². The SMILES string of the molecule is CCCCCC/C=C\C=C/CCCCCCCC(=O)OC[C@H](COP(=O)(O)OC[C@@H](O)COP(=O)(O)OC[C@@H](COC(=O)CCCCCCCCC)OC(=O)CCCCCCCCCCCC)OC(=O)CCCCCCCCCCCCCCCC(C)C. The summed E-state index contributed by atoms with van der Waals surface area (Å²) in [4.78, 5) is 72.3. The van der Waals surface area contributed by atoms with E-state index in [1.54, 1.807) is 0 Å². The van der Waals surface area contributed by atoms with Crippen molar-refractivity contribution in [1.29, 1.82) is 0 Å². The lowest BCUT2D eigenvalue weighted by Crippen LogP contribution is -2.30. The molecular weight excluding hydrogens is 1160 g/mol. The average molecular weight is 1290 g/mol. The summed E-state index contributed by atoms with van der Waals surface area (Å²) in [6.07, 6.45) is 50.8. The predicted molar refractivity (Wildman–Crippen MR) is 354 cm³/mol. The van der Waals surface area contributed by atoms with Crippen molar-refractivity contribution < 1.29 is 80.2 Å². The van der Waals surface area contributed by atoms with Crippen molar-refractivity contribution >= 4 is 39.5 Å². The number of rotatable bonds is 67. The van der Waals surface area contributed by atoms with E-state index < -0.39 is 97.5 Å². The topological polar surface area (TPSA) is 237 Å². The summed E-state index contributed by atoms with van der Waals surface area (Å²) in [5, 5.41) is 10.6. The summed E-state index contributed by atoms with van der Waals surface area (Å²) in [6.45, 7) is 7.14. The number of hydrogen-bond acceptors (Lipinski definition) is 15. The van der Waals surface area contributed by atoms with Crippen LogP contribution >= 0.6 is 15.6 Å². The van der Waals surface area contributed by atoms with E-state index in [2.05, 4.69) is 58.9 Å². The number of allylic oxidation sites excluding steroid dienone is 4. The molecule has 0 heterocycles. The molecule has 518 valence electrons. The summed E-state index contributed by atoms with van der Waals surface area (Å²) in [5.74, 6) is -1.38.